The van der Waals surface area contributed by atoms with Gasteiger partial charge in [0.2, 0.25) is 11.8 Å². The van der Waals surface area contributed by atoms with Gasteiger partial charge in [-0.25, -0.2) is 0 Å². The average molecular weight is 445 g/mol. The topological polar surface area (TPSA) is 64.7 Å². The van der Waals surface area contributed by atoms with Crippen LogP contribution in [0.25, 0.3) is 0 Å². The zero-order valence-electron chi connectivity index (χ0n) is 17.4. The first-order valence-corrected chi connectivity index (χ1v) is 10.1. The molecule has 0 radical (unpaired) electrons. The summed E-state index contributed by atoms with van der Waals surface area (Å²) in [6.45, 7) is 9.55. The molecule has 1 unspecified atom stereocenters. The molecule has 2 aliphatic rings. The number of halogens is 2. The summed E-state index contributed by atoms with van der Waals surface area (Å²) in [4.78, 5) is 28.9. The Morgan fingerprint density at radius 1 is 1.14 bits per heavy atom. The number of anilines is 1. The normalized spacial score (nSPS) is 19.2. The van der Waals surface area contributed by atoms with Gasteiger partial charge in [-0.05, 0) is 62.9 Å². The van der Waals surface area contributed by atoms with Gasteiger partial charge in [-0.2, -0.15) is 0 Å². The second kappa shape index (κ2) is 12.4. The van der Waals surface area contributed by atoms with Gasteiger partial charge in [-0.15, -0.1) is 24.8 Å². The molecule has 8 heteroatoms. The third-order valence-corrected chi connectivity index (χ3v) is 5.90. The summed E-state index contributed by atoms with van der Waals surface area (Å²) >= 11 is 0. The van der Waals surface area contributed by atoms with Gasteiger partial charge in [-0.1, -0.05) is 12.1 Å². The molecule has 164 valence electrons. The molecule has 2 heterocycles. The predicted octanol–water partition coefficient (Wildman–Crippen LogP) is 2.62. The summed E-state index contributed by atoms with van der Waals surface area (Å²) in [7, 11) is 0. The van der Waals surface area contributed by atoms with E-state index in [1.54, 1.807) is 0 Å². The zero-order valence-corrected chi connectivity index (χ0v) is 19.0. The fourth-order valence-corrected chi connectivity index (χ4v) is 3.88. The highest BCUT2D eigenvalue weighted by atomic mass is 35.5. The number of aryl methyl sites for hydroxylation is 1. The lowest BCUT2D eigenvalue weighted by molar-refractivity contribution is -0.133. The number of nitrogens with one attached hydrogen (secondary N) is 2. The summed E-state index contributed by atoms with van der Waals surface area (Å²) in [5.41, 5.74) is 3.17. The Kier molecular flexibility index (Phi) is 11.0. The van der Waals surface area contributed by atoms with Gasteiger partial charge >= 0.3 is 0 Å². The minimum Gasteiger partial charge on any atom is -0.340 e. The van der Waals surface area contributed by atoms with Gasteiger partial charge in [0.1, 0.15) is 0 Å². The third kappa shape index (κ3) is 7.45. The van der Waals surface area contributed by atoms with Crippen LogP contribution in [-0.4, -0.2) is 67.4 Å². The monoisotopic (exact) mass is 444 g/mol. The van der Waals surface area contributed by atoms with Gasteiger partial charge in [0.15, 0.2) is 0 Å². The molecule has 0 saturated carbocycles. The molecule has 2 aliphatic heterocycles. The maximum atomic E-state index is 12.4. The molecule has 1 atom stereocenters. The van der Waals surface area contributed by atoms with Crippen LogP contribution in [0.3, 0.4) is 0 Å². The number of nitrogens with zero attached hydrogens (tertiary/aromatic N) is 2. The number of piperazine rings is 1. The van der Waals surface area contributed by atoms with Crippen LogP contribution in [-0.2, 0) is 9.59 Å². The first kappa shape index (κ1) is 25.7. The Bertz CT molecular complexity index is 673. The lowest BCUT2D eigenvalue weighted by Gasteiger charge is -2.34. The minimum absolute atomic E-state index is 0. The van der Waals surface area contributed by atoms with E-state index in [4.69, 9.17) is 0 Å². The maximum absolute atomic E-state index is 12.4. The highest BCUT2D eigenvalue weighted by Gasteiger charge is 2.23. The van der Waals surface area contributed by atoms with Crippen LogP contribution >= 0.6 is 24.8 Å². The van der Waals surface area contributed by atoms with Gasteiger partial charge in [0.05, 0.1) is 6.54 Å². The van der Waals surface area contributed by atoms with Gasteiger partial charge in [0, 0.05) is 38.3 Å². The van der Waals surface area contributed by atoms with Crippen molar-refractivity contribution in [1.29, 1.82) is 0 Å². The molecule has 0 bridgehead atoms. The number of benzene rings is 1. The van der Waals surface area contributed by atoms with E-state index in [2.05, 4.69) is 15.5 Å². The van der Waals surface area contributed by atoms with E-state index in [1.165, 1.54) is 12.0 Å². The van der Waals surface area contributed by atoms with Crippen molar-refractivity contribution >= 4 is 42.3 Å². The molecule has 6 nitrogen and oxygen atoms in total. The number of amides is 2. The van der Waals surface area contributed by atoms with Gasteiger partial charge in [-0.3, -0.25) is 14.5 Å². The highest BCUT2D eigenvalue weighted by molar-refractivity contribution is 5.93. The number of carbonyl (C=O) groups excluding carboxylic acids is 2. The van der Waals surface area contributed by atoms with Crippen molar-refractivity contribution in [2.24, 2.45) is 5.92 Å². The van der Waals surface area contributed by atoms with E-state index in [-0.39, 0.29) is 36.6 Å². The maximum Gasteiger partial charge on any atom is 0.238 e. The van der Waals surface area contributed by atoms with Crippen LogP contribution in [0.15, 0.2) is 18.2 Å². The molecule has 1 aromatic carbocycles. The molecule has 0 spiro atoms. The summed E-state index contributed by atoms with van der Waals surface area (Å²) in [6.07, 6.45) is 2.83. The molecule has 2 N–H and O–H groups in total. The molecule has 0 aromatic heterocycles. The van der Waals surface area contributed by atoms with Crippen molar-refractivity contribution in [2.75, 3.05) is 51.1 Å². The summed E-state index contributed by atoms with van der Waals surface area (Å²) in [6, 6.07) is 5.95. The SMILES string of the molecule is Cc1cccc(NC(=O)CN2CCN(C(=O)CCC3CCNC3)CC2)c1C.Cl.Cl. The van der Waals surface area contributed by atoms with E-state index in [0.717, 1.165) is 56.9 Å². The van der Waals surface area contributed by atoms with Crippen LogP contribution in [0.1, 0.15) is 30.4 Å². The molecule has 29 heavy (non-hydrogen) atoms. The largest absolute Gasteiger partial charge is 0.340 e. The van der Waals surface area contributed by atoms with E-state index >= 15 is 0 Å². The first-order valence-electron chi connectivity index (χ1n) is 10.1. The zero-order chi connectivity index (χ0) is 19.2. The molecular weight excluding hydrogens is 411 g/mol. The summed E-state index contributed by atoms with van der Waals surface area (Å²) in [5.74, 6) is 0.933. The first-order chi connectivity index (χ1) is 13.0. The van der Waals surface area contributed by atoms with E-state index in [0.29, 0.717) is 18.9 Å². The minimum atomic E-state index is 0. The molecule has 1 aromatic rings. The number of rotatable bonds is 6. The van der Waals surface area contributed by atoms with Crippen molar-refractivity contribution < 1.29 is 9.59 Å². The Balaban J connectivity index is 0.00000210. The Labute approximate surface area is 186 Å². The number of carbonyl (C=O) groups is 2. The van der Waals surface area contributed by atoms with Crippen molar-refractivity contribution in [2.45, 2.75) is 33.1 Å². The van der Waals surface area contributed by atoms with Crippen molar-refractivity contribution in [3.05, 3.63) is 29.3 Å². The van der Waals surface area contributed by atoms with Crippen LogP contribution in [0, 0.1) is 19.8 Å². The van der Waals surface area contributed by atoms with Crippen LogP contribution < -0.4 is 10.6 Å². The molecule has 2 fully saturated rings. The van der Waals surface area contributed by atoms with Crippen LogP contribution in [0.2, 0.25) is 0 Å². The van der Waals surface area contributed by atoms with Crippen molar-refractivity contribution in [3.8, 4) is 0 Å². The standard InChI is InChI=1S/C21H32N4O2.2ClH/c1-16-4-3-5-19(17(16)2)23-20(26)15-24-10-12-25(13-11-24)21(27)7-6-18-8-9-22-14-18;;/h3-5,18,22H,6-15H2,1-2H3,(H,23,26);2*1H. The molecule has 2 amide bonds. The number of hydrogen-bond donors (Lipinski definition) is 2. The Morgan fingerprint density at radius 2 is 1.86 bits per heavy atom. The molecular formula is C21H34Cl2N4O2. The molecule has 0 aliphatic carbocycles. The van der Waals surface area contributed by atoms with Crippen molar-refractivity contribution in [1.82, 2.24) is 15.1 Å². The second-order valence-electron chi connectivity index (χ2n) is 7.85. The fourth-order valence-electron chi connectivity index (χ4n) is 3.88. The van der Waals surface area contributed by atoms with Gasteiger partial charge < -0.3 is 15.5 Å². The third-order valence-electron chi connectivity index (χ3n) is 5.90. The lowest BCUT2D eigenvalue weighted by Crippen LogP contribution is -2.50. The molecule has 2 saturated heterocycles. The average Bonchev–Trinajstić information content (AvgIpc) is 3.18. The highest BCUT2D eigenvalue weighted by Crippen LogP contribution is 2.18. The van der Waals surface area contributed by atoms with Crippen molar-refractivity contribution in [3.63, 3.8) is 0 Å². The number of hydrogen-bond acceptors (Lipinski definition) is 4. The fraction of sp³-hybridized carbons (Fsp3) is 0.619. The summed E-state index contributed by atoms with van der Waals surface area (Å²) in [5, 5.41) is 6.37. The molecule has 3 rings (SSSR count). The summed E-state index contributed by atoms with van der Waals surface area (Å²) < 4.78 is 0. The lowest BCUT2D eigenvalue weighted by atomic mass is 10.0. The Hall–Kier alpha value is -1.34. The van der Waals surface area contributed by atoms with E-state index < -0.39 is 0 Å². The quantitative estimate of drug-likeness (QED) is 0.707. The van der Waals surface area contributed by atoms with Crippen LogP contribution in [0.4, 0.5) is 5.69 Å². The smallest absolute Gasteiger partial charge is 0.238 e. The van der Waals surface area contributed by atoms with E-state index in [9.17, 15) is 9.59 Å². The predicted molar refractivity (Wildman–Crippen MR) is 122 cm³/mol. The second-order valence-corrected chi connectivity index (χ2v) is 7.85. The Morgan fingerprint density at radius 3 is 2.52 bits per heavy atom. The van der Waals surface area contributed by atoms with Crippen LogP contribution in [0.5, 0.6) is 0 Å². The van der Waals surface area contributed by atoms with E-state index in [1.807, 2.05) is 36.9 Å². The van der Waals surface area contributed by atoms with Gasteiger partial charge in [0.25, 0.3) is 0 Å².